The van der Waals surface area contributed by atoms with E-state index in [1.54, 1.807) is 6.92 Å². The predicted molar refractivity (Wildman–Crippen MR) is 75.0 cm³/mol. The smallest absolute Gasteiger partial charge is 0.372 e. The molecule has 0 bridgehead atoms. The lowest BCUT2D eigenvalue weighted by molar-refractivity contribution is -0.141. The Labute approximate surface area is 129 Å². The van der Waals surface area contributed by atoms with E-state index >= 15 is 0 Å². The van der Waals surface area contributed by atoms with Crippen molar-refractivity contribution < 1.29 is 13.2 Å². The summed E-state index contributed by atoms with van der Waals surface area (Å²) in [5, 5.41) is 16.3. The summed E-state index contributed by atoms with van der Waals surface area (Å²) in [4.78, 5) is 7.63. The van der Waals surface area contributed by atoms with Gasteiger partial charge < -0.3 is 5.32 Å². The van der Waals surface area contributed by atoms with E-state index in [-0.39, 0.29) is 5.69 Å². The van der Waals surface area contributed by atoms with Gasteiger partial charge >= 0.3 is 6.18 Å². The van der Waals surface area contributed by atoms with Crippen LogP contribution in [-0.2, 0) is 12.7 Å². The van der Waals surface area contributed by atoms with Gasteiger partial charge in [-0.1, -0.05) is 6.07 Å². The van der Waals surface area contributed by atoms with Gasteiger partial charge in [0, 0.05) is 12.7 Å². The maximum atomic E-state index is 12.6. The molecule has 118 valence electrons. The lowest BCUT2D eigenvalue weighted by atomic mass is 10.1. The van der Waals surface area contributed by atoms with Crippen LogP contribution in [0.2, 0.25) is 0 Å². The van der Waals surface area contributed by atoms with Gasteiger partial charge in [0.15, 0.2) is 11.5 Å². The number of hydrogen-bond donors (Lipinski definition) is 1. The van der Waals surface area contributed by atoms with Gasteiger partial charge in [0.1, 0.15) is 11.8 Å². The number of aromatic nitrogens is 3. The highest BCUT2D eigenvalue weighted by Gasteiger charge is 2.32. The molecule has 2 aromatic heterocycles. The number of fused-ring (bicyclic) bond motifs is 1. The molecule has 1 aliphatic heterocycles. The van der Waals surface area contributed by atoms with Crippen LogP contribution in [0, 0.1) is 11.3 Å². The number of halogens is 3. The number of rotatable bonds is 2. The van der Waals surface area contributed by atoms with E-state index in [1.165, 1.54) is 23.3 Å². The SMILES string of the molecule is C[C@H](c1ccc(C(F)(F)F)nc1)n1nc(C#N)c2c1N=CNC2. The molecule has 1 atom stereocenters. The van der Waals surface area contributed by atoms with Gasteiger partial charge in [-0.3, -0.25) is 4.98 Å². The Morgan fingerprint density at radius 1 is 1.39 bits per heavy atom. The number of alkyl halides is 3. The lowest BCUT2D eigenvalue weighted by Gasteiger charge is -2.16. The van der Waals surface area contributed by atoms with Crippen LogP contribution in [0.25, 0.3) is 0 Å². The van der Waals surface area contributed by atoms with E-state index in [2.05, 4.69) is 20.4 Å². The van der Waals surface area contributed by atoms with Crippen molar-refractivity contribution in [2.24, 2.45) is 4.99 Å². The zero-order chi connectivity index (χ0) is 16.6. The summed E-state index contributed by atoms with van der Waals surface area (Å²) >= 11 is 0. The van der Waals surface area contributed by atoms with Crippen molar-refractivity contribution in [3.8, 4) is 6.07 Å². The molecule has 23 heavy (non-hydrogen) atoms. The molecule has 0 radical (unpaired) electrons. The molecule has 0 unspecified atom stereocenters. The maximum absolute atomic E-state index is 12.6. The molecule has 2 aromatic rings. The first-order chi connectivity index (χ1) is 10.9. The minimum atomic E-state index is -4.48. The Kier molecular flexibility index (Phi) is 3.52. The van der Waals surface area contributed by atoms with E-state index in [0.717, 1.165) is 6.07 Å². The van der Waals surface area contributed by atoms with Crippen LogP contribution in [-0.4, -0.2) is 21.1 Å². The Morgan fingerprint density at radius 2 is 2.17 bits per heavy atom. The fourth-order valence-electron chi connectivity index (χ4n) is 2.34. The van der Waals surface area contributed by atoms with E-state index in [1.807, 2.05) is 6.07 Å². The summed E-state index contributed by atoms with van der Waals surface area (Å²) in [7, 11) is 0. The maximum Gasteiger partial charge on any atom is 0.433 e. The molecular weight excluding hydrogens is 309 g/mol. The van der Waals surface area contributed by atoms with Gasteiger partial charge in [0.05, 0.1) is 17.9 Å². The van der Waals surface area contributed by atoms with Crippen molar-refractivity contribution in [1.82, 2.24) is 20.1 Å². The number of aliphatic imine (C=N–C) groups is 1. The second kappa shape index (κ2) is 5.39. The second-order valence-electron chi connectivity index (χ2n) is 5.00. The zero-order valence-electron chi connectivity index (χ0n) is 12.0. The molecule has 0 amide bonds. The van der Waals surface area contributed by atoms with Gasteiger partial charge in [-0.2, -0.15) is 23.5 Å². The van der Waals surface area contributed by atoms with Gasteiger partial charge in [-0.05, 0) is 18.6 Å². The summed E-state index contributed by atoms with van der Waals surface area (Å²) < 4.78 is 39.3. The summed E-state index contributed by atoms with van der Waals surface area (Å²) in [5.74, 6) is 0.521. The molecule has 1 aliphatic rings. The average molecular weight is 320 g/mol. The Bertz CT molecular complexity index is 798. The van der Waals surface area contributed by atoms with Crippen LogP contribution in [0.3, 0.4) is 0 Å². The molecule has 3 heterocycles. The Balaban J connectivity index is 1.99. The number of nitrogens with one attached hydrogen (secondary N) is 1. The molecule has 1 N–H and O–H groups in total. The summed E-state index contributed by atoms with van der Waals surface area (Å²) in [6.45, 7) is 2.19. The van der Waals surface area contributed by atoms with E-state index in [9.17, 15) is 13.2 Å². The van der Waals surface area contributed by atoms with Crippen molar-refractivity contribution in [3.63, 3.8) is 0 Å². The molecule has 3 rings (SSSR count). The molecule has 0 spiro atoms. The lowest BCUT2D eigenvalue weighted by Crippen LogP contribution is -2.16. The average Bonchev–Trinajstić information content (AvgIpc) is 2.92. The minimum Gasteiger partial charge on any atom is -0.372 e. The third-order valence-electron chi connectivity index (χ3n) is 3.57. The molecule has 0 saturated heterocycles. The topological polar surface area (TPSA) is 78.9 Å². The van der Waals surface area contributed by atoms with Crippen LogP contribution in [0.5, 0.6) is 0 Å². The Hall–Kier alpha value is -2.89. The first-order valence-corrected chi connectivity index (χ1v) is 6.72. The molecule has 6 nitrogen and oxygen atoms in total. The highest BCUT2D eigenvalue weighted by atomic mass is 19.4. The number of nitrogens with zero attached hydrogens (tertiary/aromatic N) is 5. The normalized spacial score (nSPS) is 14.7. The van der Waals surface area contributed by atoms with Gasteiger partial charge in [-0.15, -0.1) is 0 Å². The van der Waals surface area contributed by atoms with E-state index in [4.69, 9.17) is 5.26 Å². The molecule has 0 aromatic carbocycles. The monoisotopic (exact) mass is 320 g/mol. The van der Waals surface area contributed by atoms with E-state index < -0.39 is 17.9 Å². The summed E-state index contributed by atoms with van der Waals surface area (Å²) in [6.07, 6.45) is -1.81. The van der Waals surface area contributed by atoms with Crippen LogP contribution < -0.4 is 5.32 Å². The van der Waals surface area contributed by atoms with Crippen molar-refractivity contribution >= 4 is 12.2 Å². The molecule has 0 saturated carbocycles. The summed E-state index contributed by atoms with van der Waals surface area (Å²) in [5.41, 5.74) is 0.509. The largest absolute Gasteiger partial charge is 0.433 e. The fraction of sp³-hybridized carbons (Fsp3) is 0.286. The first kappa shape index (κ1) is 15.0. The van der Waals surface area contributed by atoms with Gasteiger partial charge in [0.2, 0.25) is 0 Å². The predicted octanol–water partition coefficient (Wildman–Crippen LogP) is 2.54. The third-order valence-corrected chi connectivity index (χ3v) is 3.57. The number of nitriles is 1. The minimum absolute atomic E-state index is 0.246. The molecule has 0 aliphatic carbocycles. The second-order valence-corrected chi connectivity index (χ2v) is 5.00. The summed E-state index contributed by atoms with van der Waals surface area (Å²) in [6, 6.07) is 3.88. The molecule has 0 fully saturated rings. The number of hydrogen-bond acceptors (Lipinski definition) is 5. The highest BCUT2D eigenvalue weighted by molar-refractivity contribution is 5.66. The first-order valence-electron chi connectivity index (χ1n) is 6.72. The standard InChI is InChI=1S/C14H11F3N6/c1-8(9-2-3-12(20-5-9)14(15,16)17)23-13-10(6-19-7-21-13)11(4-18)22-23/h2-3,5,7-8H,6H2,1H3,(H,19,21)/t8-/m1/s1. The van der Waals surface area contributed by atoms with Crippen molar-refractivity contribution in [2.45, 2.75) is 25.7 Å². The zero-order valence-corrected chi connectivity index (χ0v) is 12.0. The van der Waals surface area contributed by atoms with Crippen molar-refractivity contribution in [1.29, 1.82) is 5.26 Å². The molecule has 9 heteroatoms. The van der Waals surface area contributed by atoms with E-state index in [0.29, 0.717) is 23.5 Å². The van der Waals surface area contributed by atoms with Crippen molar-refractivity contribution in [2.75, 3.05) is 0 Å². The van der Waals surface area contributed by atoms with Crippen LogP contribution >= 0.6 is 0 Å². The fourth-order valence-corrected chi connectivity index (χ4v) is 2.34. The van der Waals surface area contributed by atoms with Crippen LogP contribution in [0.4, 0.5) is 19.0 Å². The van der Waals surface area contributed by atoms with Gasteiger partial charge in [0.25, 0.3) is 0 Å². The quantitative estimate of drug-likeness (QED) is 0.922. The van der Waals surface area contributed by atoms with Gasteiger partial charge in [-0.25, -0.2) is 9.67 Å². The highest BCUT2D eigenvalue weighted by Crippen LogP contribution is 2.32. The van der Waals surface area contributed by atoms with Crippen LogP contribution in [0.1, 0.15) is 35.5 Å². The molecular formula is C14H11F3N6. The Morgan fingerprint density at radius 3 is 2.78 bits per heavy atom. The van der Waals surface area contributed by atoms with Crippen molar-refractivity contribution in [3.05, 3.63) is 40.8 Å². The number of pyridine rings is 1. The third kappa shape index (κ3) is 2.63. The van der Waals surface area contributed by atoms with Crippen LogP contribution in [0.15, 0.2) is 23.3 Å².